The van der Waals surface area contributed by atoms with Crippen LogP contribution in [-0.2, 0) is 0 Å². The molecule has 0 radical (unpaired) electrons. The molecule has 1 heterocycles. The van der Waals surface area contributed by atoms with Gasteiger partial charge in [0.25, 0.3) is 0 Å². The van der Waals surface area contributed by atoms with Gasteiger partial charge in [0.2, 0.25) is 0 Å². The Morgan fingerprint density at radius 1 is 1.50 bits per heavy atom. The van der Waals surface area contributed by atoms with Gasteiger partial charge in [-0.25, -0.2) is 4.79 Å². The van der Waals surface area contributed by atoms with Crippen molar-refractivity contribution in [1.82, 2.24) is 5.32 Å². The van der Waals surface area contributed by atoms with E-state index in [-0.39, 0.29) is 12.4 Å². The number of nitrogens with two attached hydrogens (primary N) is 1. The highest BCUT2D eigenvalue weighted by Gasteiger charge is 2.07. The third-order valence-electron chi connectivity index (χ3n) is 2.43. The van der Waals surface area contributed by atoms with Gasteiger partial charge in [-0.15, -0.1) is 12.4 Å². The van der Waals surface area contributed by atoms with E-state index in [1.165, 1.54) is 0 Å². The number of amides is 2. The summed E-state index contributed by atoms with van der Waals surface area (Å²) in [6, 6.07) is 4.96. The fourth-order valence-electron chi connectivity index (χ4n) is 1.59. The molecule has 18 heavy (non-hydrogen) atoms. The number of hydrogen-bond donors (Lipinski definition) is 4. The van der Waals surface area contributed by atoms with Gasteiger partial charge in [-0.05, 0) is 24.6 Å². The minimum atomic E-state index is -0.573. The zero-order chi connectivity index (χ0) is 12.3. The van der Waals surface area contributed by atoms with Crippen molar-refractivity contribution in [1.29, 1.82) is 0 Å². The van der Waals surface area contributed by atoms with Gasteiger partial charge in [0.1, 0.15) is 0 Å². The zero-order valence-electron chi connectivity index (χ0n) is 9.99. The number of nitrogens with one attached hydrogen (secondary N) is 3. The number of halogens is 1. The minimum absolute atomic E-state index is 0. The second kappa shape index (κ2) is 6.11. The molecule has 0 aliphatic carbocycles. The van der Waals surface area contributed by atoms with Crippen molar-refractivity contribution in [3.8, 4) is 0 Å². The van der Waals surface area contributed by atoms with E-state index in [2.05, 4.69) is 20.9 Å². The number of hydrogen-bond acceptors (Lipinski definition) is 4. The smallest absolute Gasteiger partial charge is 0.316 e. The summed E-state index contributed by atoms with van der Waals surface area (Å²) < 4.78 is 0. The van der Waals surface area contributed by atoms with E-state index in [0.29, 0.717) is 5.69 Å². The summed E-state index contributed by atoms with van der Waals surface area (Å²) in [6.45, 7) is 3.60. The average Bonchev–Trinajstić information content (AvgIpc) is 2.75. The maximum atomic E-state index is 10.8. The predicted octanol–water partition coefficient (Wildman–Crippen LogP) is 1.28. The van der Waals surface area contributed by atoms with Crippen LogP contribution in [0.5, 0.6) is 0 Å². The van der Waals surface area contributed by atoms with Crippen LogP contribution in [0.15, 0.2) is 23.2 Å². The first kappa shape index (κ1) is 14.1. The lowest BCUT2D eigenvalue weighted by atomic mass is 10.2. The lowest BCUT2D eigenvalue weighted by Gasteiger charge is -2.11. The number of urea groups is 1. The van der Waals surface area contributed by atoms with Gasteiger partial charge in [-0.1, -0.05) is 6.07 Å². The van der Waals surface area contributed by atoms with Crippen molar-refractivity contribution in [2.45, 2.75) is 6.92 Å². The number of guanidine groups is 1. The van der Waals surface area contributed by atoms with Crippen LogP contribution in [0.25, 0.3) is 0 Å². The molecule has 98 valence electrons. The molecule has 1 aliphatic heterocycles. The quantitative estimate of drug-likeness (QED) is 0.652. The fourth-order valence-corrected chi connectivity index (χ4v) is 1.59. The number of rotatable bonds is 2. The van der Waals surface area contributed by atoms with E-state index in [1.807, 2.05) is 19.1 Å². The fraction of sp³-hybridized carbons (Fsp3) is 0.273. The summed E-state index contributed by atoms with van der Waals surface area (Å²) in [4.78, 5) is 15.0. The third kappa shape index (κ3) is 3.53. The molecule has 1 aliphatic rings. The number of aliphatic imine (C=N–C) groups is 1. The maximum absolute atomic E-state index is 10.8. The standard InChI is InChI=1S/C11H15N5O.ClH/c1-7-2-3-8(15-10(12)17)6-9(7)16-11-13-4-5-14-11;/h2-3,6H,4-5H2,1H3,(H3,12,15,17)(H2,13,14,16);1H. The number of nitrogens with zero attached hydrogens (tertiary/aromatic N) is 1. The van der Waals surface area contributed by atoms with Crippen molar-refractivity contribution >= 4 is 35.8 Å². The Balaban J connectivity index is 0.00000162. The molecule has 7 heteroatoms. The average molecular weight is 270 g/mol. The number of carbonyl (C=O) groups excluding carboxylic acids is 1. The first-order valence-electron chi connectivity index (χ1n) is 5.37. The number of primary amides is 1. The van der Waals surface area contributed by atoms with E-state index in [0.717, 1.165) is 30.3 Å². The first-order valence-corrected chi connectivity index (χ1v) is 5.37. The summed E-state index contributed by atoms with van der Waals surface area (Å²) in [6.07, 6.45) is 0. The Labute approximate surface area is 111 Å². The Morgan fingerprint density at radius 3 is 2.89 bits per heavy atom. The summed E-state index contributed by atoms with van der Waals surface area (Å²) in [5.74, 6) is 0.754. The number of benzene rings is 1. The van der Waals surface area contributed by atoms with Crippen molar-refractivity contribution in [3.63, 3.8) is 0 Å². The minimum Gasteiger partial charge on any atom is -0.354 e. The highest BCUT2D eigenvalue weighted by atomic mass is 35.5. The largest absolute Gasteiger partial charge is 0.354 e. The van der Waals surface area contributed by atoms with E-state index < -0.39 is 6.03 Å². The van der Waals surface area contributed by atoms with Crippen LogP contribution in [0.1, 0.15) is 5.56 Å². The molecular formula is C11H16ClN5O. The van der Waals surface area contributed by atoms with E-state index in [9.17, 15) is 4.79 Å². The van der Waals surface area contributed by atoms with Crippen molar-refractivity contribution in [3.05, 3.63) is 23.8 Å². The predicted molar refractivity (Wildman–Crippen MR) is 75.6 cm³/mol. The van der Waals surface area contributed by atoms with E-state index in [1.54, 1.807) is 6.07 Å². The second-order valence-electron chi connectivity index (χ2n) is 3.80. The summed E-state index contributed by atoms with van der Waals surface area (Å²) >= 11 is 0. The molecule has 1 aromatic rings. The highest BCUT2D eigenvalue weighted by molar-refractivity contribution is 5.96. The molecule has 0 bridgehead atoms. The van der Waals surface area contributed by atoms with Crippen LogP contribution in [-0.4, -0.2) is 25.1 Å². The molecule has 1 aromatic carbocycles. The molecule has 0 aromatic heterocycles. The second-order valence-corrected chi connectivity index (χ2v) is 3.80. The molecule has 0 spiro atoms. The molecule has 6 nitrogen and oxygen atoms in total. The Kier molecular flexibility index (Phi) is 4.79. The summed E-state index contributed by atoms with van der Waals surface area (Å²) in [5.41, 5.74) is 7.69. The van der Waals surface area contributed by atoms with Gasteiger partial charge in [0.05, 0.1) is 6.54 Å². The molecule has 0 saturated heterocycles. The van der Waals surface area contributed by atoms with Crippen molar-refractivity contribution in [2.24, 2.45) is 10.7 Å². The molecular weight excluding hydrogens is 254 g/mol. The van der Waals surface area contributed by atoms with Gasteiger partial charge in [0.15, 0.2) is 5.96 Å². The van der Waals surface area contributed by atoms with Crippen LogP contribution >= 0.6 is 12.4 Å². The topological polar surface area (TPSA) is 91.5 Å². The first-order chi connectivity index (χ1) is 8.15. The molecule has 0 unspecified atom stereocenters. The molecule has 2 amide bonds. The van der Waals surface area contributed by atoms with Gasteiger partial charge in [-0.2, -0.15) is 0 Å². The zero-order valence-corrected chi connectivity index (χ0v) is 10.8. The molecule has 0 saturated carbocycles. The van der Waals surface area contributed by atoms with E-state index in [4.69, 9.17) is 5.73 Å². The van der Waals surface area contributed by atoms with Gasteiger partial charge >= 0.3 is 6.03 Å². The lowest BCUT2D eigenvalue weighted by Crippen LogP contribution is -2.26. The highest BCUT2D eigenvalue weighted by Crippen LogP contribution is 2.20. The number of aryl methyl sites for hydroxylation is 1. The lowest BCUT2D eigenvalue weighted by molar-refractivity contribution is 0.259. The van der Waals surface area contributed by atoms with Gasteiger partial charge in [-0.3, -0.25) is 4.99 Å². The van der Waals surface area contributed by atoms with Crippen molar-refractivity contribution < 1.29 is 4.79 Å². The molecule has 0 fully saturated rings. The summed E-state index contributed by atoms with van der Waals surface area (Å²) in [7, 11) is 0. The van der Waals surface area contributed by atoms with Crippen molar-refractivity contribution in [2.75, 3.05) is 23.7 Å². The third-order valence-corrected chi connectivity index (χ3v) is 2.43. The van der Waals surface area contributed by atoms with Crippen LogP contribution in [0, 0.1) is 6.92 Å². The molecule has 0 atom stereocenters. The Bertz CT molecular complexity index is 475. The van der Waals surface area contributed by atoms with Gasteiger partial charge in [0, 0.05) is 17.9 Å². The molecule has 2 rings (SSSR count). The monoisotopic (exact) mass is 269 g/mol. The van der Waals surface area contributed by atoms with Crippen LogP contribution < -0.4 is 21.7 Å². The van der Waals surface area contributed by atoms with E-state index >= 15 is 0 Å². The normalized spacial score (nSPS) is 13.1. The van der Waals surface area contributed by atoms with Crippen LogP contribution in [0.4, 0.5) is 16.2 Å². The number of anilines is 2. The number of carbonyl (C=O) groups is 1. The van der Waals surface area contributed by atoms with Gasteiger partial charge < -0.3 is 21.7 Å². The maximum Gasteiger partial charge on any atom is 0.316 e. The SMILES string of the molecule is Cc1ccc(NC(N)=O)cc1NC1=NCCN1.Cl. The Morgan fingerprint density at radius 2 is 2.28 bits per heavy atom. The molecule has 5 N–H and O–H groups in total. The van der Waals surface area contributed by atoms with Crippen LogP contribution in [0.2, 0.25) is 0 Å². The Hall–Kier alpha value is -1.95. The van der Waals surface area contributed by atoms with Crippen LogP contribution in [0.3, 0.4) is 0 Å². The summed E-state index contributed by atoms with van der Waals surface area (Å²) in [5, 5.41) is 8.82.